The molecule has 0 amide bonds. The third-order valence-electron chi connectivity index (χ3n) is 5.55. The average Bonchev–Trinajstić information content (AvgIpc) is 3.14. The van der Waals surface area contributed by atoms with E-state index in [1.54, 1.807) is 37.7 Å². The molecule has 1 heterocycles. The summed E-state index contributed by atoms with van der Waals surface area (Å²) in [5.74, 6) is -0.770. The summed E-state index contributed by atoms with van der Waals surface area (Å²) in [6.07, 6.45) is 0.195. The Bertz CT molecular complexity index is 1000. The number of aromatic nitrogens is 1. The smallest absolute Gasteiger partial charge is 0.323 e. The van der Waals surface area contributed by atoms with Crippen LogP contribution in [0.2, 0.25) is 0 Å². The van der Waals surface area contributed by atoms with Gasteiger partial charge in [-0.3, -0.25) is 19.0 Å². The van der Waals surface area contributed by atoms with Gasteiger partial charge in [0, 0.05) is 24.1 Å². The van der Waals surface area contributed by atoms with E-state index in [0.29, 0.717) is 28.3 Å². The molecule has 0 fully saturated rings. The van der Waals surface area contributed by atoms with Crippen LogP contribution in [0.15, 0.2) is 29.1 Å². The zero-order chi connectivity index (χ0) is 20.6. The van der Waals surface area contributed by atoms with Gasteiger partial charge in [-0.15, -0.1) is 0 Å². The Morgan fingerprint density at radius 1 is 0.964 bits per heavy atom. The Hall–Kier alpha value is -3.09. The van der Waals surface area contributed by atoms with Gasteiger partial charge >= 0.3 is 11.9 Å². The molecule has 0 saturated carbocycles. The zero-order valence-electron chi connectivity index (χ0n) is 16.6. The van der Waals surface area contributed by atoms with Crippen LogP contribution in [0.1, 0.15) is 22.4 Å². The van der Waals surface area contributed by atoms with E-state index in [-0.39, 0.29) is 18.4 Å². The number of rotatable bonds is 4. The molecular formula is C21H23NO6. The predicted octanol–water partition coefficient (Wildman–Crippen LogP) is 1.89. The molecule has 1 aliphatic carbocycles. The fourth-order valence-corrected chi connectivity index (χ4v) is 4.04. The van der Waals surface area contributed by atoms with Gasteiger partial charge in [0.05, 0.1) is 27.0 Å². The maximum Gasteiger partial charge on any atom is 0.323 e. The lowest BCUT2D eigenvalue weighted by molar-refractivity contribution is -0.168. The van der Waals surface area contributed by atoms with E-state index >= 15 is 0 Å². The van der Waals surface area contributed by atoms with Crippen molar-refractivity contribution in [1.29, 1.82) is 0 Å². The van der Waals surface area contributed by atoms with Crippen LogP contribution in [-0.2, 0) is 31.9 Å². The summed E-state index contributed by atoms with van der Waals surface area (Å²) in [6.45, 7) is 3.51. The molecule has 148 valence electrons. The quantitative estimate of drug-likeness (QED) is 0.590. The molecule has 0 spiro atoms. The molecule has 0 aliphatic heterocycles. The number of esters is 2. The van der Waals surface area contributed by atoms with E-state index in [9.17, 15) is 14.4 Å². The lowest BCUT2D eigenvalue weighted by atomic mass is 9.84. The molecule has 0 radical (unpaired) electrons. The van der Waals surface area contributed by atoms with Crippen LogP contribution in [-0.4, -0.2) is 37.8 Å². The van der Waals surface area contributed by atoms with Gasteiger partial charge in [-0.25, -0.2) is 0 Å². The summed E-state index contributed by atoms with van der Waals surface area (Å²) < 4.78 is 16.8. The number of methoxy groups -OCH3 is 3. The minimum absolute atomic E-state index is 0.0797. The fraction of sp³-hybridized carbons (Fsp3) is 0.381. The van der Waals surface area contributed by atoms with Crippen LogP contribution in [0.3, 0.4) is 0 Å². The molecule has 28 heavy (non-hydrogen) atoms. The van der Waals surface area contributed by atoms with Gasteiger partial charge in [-0.1, -0.05) is 12.1 Å². The van der Waals surface area contributed by atoms with Crippen LogP contribution in [0.25, 0.3) is 5.69 Å². The SMILES string of the molecule is COC(=O)C1(C(=O)OC)Cc2c(c(C)n(-c3ccccc3OC)c(=O)c2C)C1. The van der Waals surface area contributed by atoms with Gasteiger partial charge in [0.25, 0.3) is 5.56 Å². The summed E-state index contributed by atoms with van der Waals surface area (Å²) >= 11 is 0. The summed E-state index contributed by atoms with van der Waals surface area (Å²) in [5, 5.41) is 0. The summed E-state index contributed by atoms with van der Waals surface area (Å²) in [6, 6.07) is 7.21. The van der Waals surface area contributed by atoms with Crippen LogP contribution in [0, 0.1) is 19.3 Å². The van der Waals surface area contributed by atoms with Crippen molar-refractivity contribution < 1.29 is 23.8 Å². The van der Waals surface area contributed by atoms with Crippen molar-refractivity contribution in [2.45, 2.75) is 26.7 Å². The number of hydrogen-bond acceptors (Lipinski definition) is 6. The van der Waals surface area contributed by atoms with Crippen molar-refractivity contribution in [3.8, 4) is 11.4 Å². The number of para-hydroxylation sites is 2. The number of pyridine rings is 1. The first kappa shape index (κ1) is 19.7. The molecule has 0 saturated heterocycles. The predicted molar refractivity (Wildman–Crippen MR) is 102 cm³/mol. The lowest BCUT2D eigenvalue weighted by Crippen LogP contribution is -2.42. The Kier molecular flexibility index (Phi) is 5.02. The molecule has 1 aliphatic rings. The summed E-state index contributed by atoms with van der Waals surface area (Å²) in [7, 11) is 4.02. The number of fused-ring (bicyclic) bond motifs is 1. The highest BCUT2D eigenvalue weighted by Gasteiger charge is 2.54. The minimum Gasteiger partial charge on any atom is -0.495 e. The molecule has 0 bridgehead atoms. The van der Waals surface area contributed by atoms with Crippen molar-refractivity contribution in [3.05, 3.63) is 57.0 Å². The first-order valence-electron chi connectivity index (χ1n) is 8.86. The maximum atomic E-state index is 13.2. The molecule has 7 nitrogen and oxygen atoms in total. The number of carbonyl (C=O) groups is 2. The van der Waals surface area contributed by atoms with Crippen molar-refractivity contribution in [2.75, 3.05) is 21.3 Å². The molecule has 0 atom stereocenters. The largest absolute Gasteiger partial charge is 0.495 e. The van der Waals surface area contributed by atoms with Crippen molar-refractivity contribution in [3.63, 3.8) is 0 Å². The molecule has 3 rings (SSSR count). The summed E-state index contributed by atoms with van der Waals surface area (Å²) in [5.41, 5.74) is 1.53. The maximum absolute atomic E-state index is 13.2. The van der Waals surface area contributed by atoms with E-state index in [1.807, 2.05) is 12.1 Å². The van der Waals surface area contributed by atoms with E-state index in [4.69, 9.17) is 14.2 Å². The first-order valence-corrected chi connectivity index (χ1v) is 8.86. The summed E-state index contributed by atoms with van der Waals surface area (Å²) in [4.78, 5) is 38.3. The Balaban J connectivity index is 2.27. The second-order valence-corrected chi connectivity index (χ2v) is 6.90. The monoisotopic (exact) mass is 385 g/mol. The second-order valence-electron chi connectivity index (χ2n) is 6.90. The average molecular weight is 385 g/mol. The highest BCUT2D eigenvalue weighted by atomic mass is 16.5. The fourth-order valence-electron chi connectivity index (χ4n) is 4.04. The molecule has 1 aromatic carbocycles. The van der Waals surface area contributed by atoms with Gasteiger partial charge in [0.2, 0.25) is 0 Å². The van der Waals surface area contributed by atoms with Crippen LogP contribution >= 0.6 is 0 Å². The number of carbonyl (C=O) groups excluding carboxylic acids is 2. The second kappa shape index (κ2) is 7.14. The van der Waals surface area contributed by atoms with Crippen molar-refractivity contribution in [2.24, 2.45) is 5.41 Å². The molecule has 1 aromatic heterocycles. The molecule has 2 aromatic rings. The zero-order valence-corrected chi connectivity index (χ0v) is 16.6. The third kappa shape index (κ3) is 2.69. The van der Waals surface area contributed by atoms with Crippen LogP contribution < -0.4 is 10.3 Å². The van der Waals surface area contributed by atoms with Crippen LogP contribution in [0.5, 0.6) is 5.75 Å². The highest BCUT2D eigenvalue weighted by Crippen LogP contribution is 2.42. The van der Waals surface area contributed by atoms with Gasteiger partial charge in [0.15, 0.2) is 5.41 Å². The Morgan fingerprint density at radius 2 is 1.54 bits per heavy atom. The topological polar surface area (TPSA) is 83.8 Å². The molecule has 0 N–H and O–H groups in total. The normalized spacial score (nSPS) is 14.3. The number of hydrogen-bond donors (Lipinski definition) is 0. The standard InChI is InChI=1S/C21H23NO6/c1-12-14-10-21(19(24)27-4,20(25)28-5)11-15(14)13(2)22(18(12)23)16-8-6-7-9-17(16)26-3/h6-9H,10-11H2,1-5H3. The highest BCUT2D eigenvalue weighted by molar-refractivity contribution is 6.01. The Labute approximate surface area is 162 Å². The number of ether oxygens (including phenoxy) is 3. The van der Waals surface area contributed by atoms with Gasteiger partial charge < -0.3 is 14.2 Å². The van der Waals surface area contributed by atoms with Gasteiger partial charge in [0.1, 0.15) is 5.75 Å². The van der Waals surface area contributed by atoms with E-state index in [0.717, 1.165) is 5.56 Å². The number of benzene rings is 1. The van der Waals surface area contributed by atoms with Crippen LogP contribution in [0.4, 0.5) is 0 Å². The Morgan fingerprint density at radius 3 is 2.11 bits per heavy atom. The van der Waals surface area contributed by atoms with E-state index < -0.39 is 17.4 Å². The van der Waals surface area contributed by atoms with Gasteiger partial charge in [-0.05, 0) is 37.1 Å². The first-order chi connectivity index (χ1) is 13.3. The minimum atomic E-state index is -1.48. The van der Waals surface area contributed by atoms with Crippen molar-refractivity contribution >= 4 is 11.9 Å². The molecular weight excluding hydrogens is 362 g/mol. The van der Waals surface area contributed by atoms with E-state index in [2.05, 4.69) is 0 Å². The lowest BCUT2D eigenvalue weighted by Gasteiger charge is -2.22. The number of nitrogens with zero attached hydrogens (tertiary/aromatic N) is 1. The van der Waals surface area contributed by atoms with Gasteiger partial charge in [-0.2, -0.15) is 0 Å². The third-order valence-corrected chi connectivity index (χ3v) is 5.55. The molecule has 7 heteroatoms. The molecule has 0 unspecified atom stereocenters. The van der Waals surface area contributed by atoms with E-state index in [1.165, 1.54) is 14.2 Å². The van der Waals surface area contributed by atoms with Crippen molar-refractivity contribution in [1.82, 2.24) is 4.57 Å².